The highest BCUT2D eigenvalue weighted by Gasteiger charge is 2.15. The first-order chi connectivity index (χ1) is 12.4. The van der Waals surface area contributed by atoms with Gasteiger partial charge in [-0.25, -0.2) is 0 Å². The van der Waals surface area contributed by atoms with Gasteiger partial charge in [0.1, 0.15) is 17.2 Å². The molecule has 0 heterocycles. The number of halogens is 3. The molecule has 0 radical (unpaired) electrons. The Morgan fingerprint density at radius 2 is 1.54 bits per heavy atom. The van der Waals surface area contributed by atoms with Crippen molar-refractivity contribution in [3.63, 3.8) is 0 Å². The second kappa shape index (κ2) is 8.12. The molecular formula is C19H12Br2ClNO3. The summed E-state index contributed by atoms with van der Waals surface area (Å²) in [6, 6.07) is 17.1. The monoisotopic (exact) mass is 495 g/mol. The zero-order valence-electron chi connectivity index (χ0n) is 13.2. The molecule has 3 aromatic carbocycles. The number of amides is 1. The number of anilines is 1. The second-order valence-electron chi connectivity index (χ2n) is 5.32. The molecule has 0 bridgehead atoms. The fourth-order valence-corrected chi connectivity index (χ4v) is 3.53. The summed E-state index contributed by atoms with van der Waals surface area (Å²) in [5.74, 6) is 0.748. The number of aromatic hydroxyl groups is 1. The molecule has 0 aliphatic carbocycles. The van der Waals surface area contributed by atoms with Gasteiger partial charge >= 0.3 is 0 Å². The summed E-state index contributed by atoms with van der Waals surface area (Å²) >= 11 is 12.4. The van der Waals surface area contributed by atoms with E-state index in [1.807, 2.05) is 0 Å². The molecule has 132 valence electrons. The predicted octanol–water partition coefficient (Wildman–Crippen LogP) is 6.62. The molecule has 2 N–H and O–H groups in total. The molecule has 3 rings (SSSR count). The van der Waals surface area contributed by atoms with E-state index in [1.165, 1.54) is 0 Å². The van der Waals surface area contributed by atoms with Gasteiger partial charge < -0.3 is 15.2 Å². The van der Waals surface area contributed by atoms with E-state index in [-0.39, 0.29) is 11.3 Å². The summed E-state index contributed by atoms with van der Waals surface area (Å²) < 4.78 is 6.82. The van der Waals surface area contributed by atoms with Gasteiger partial charge in [0.2, 0.25) is 0 Å². The van der Waals surface area contributed by atoms with Gasteiger partial charge in [-0.2, -0.15) is 0 Å². The molecule has 0 aromatic heterocycles. The number of benzene rings is 3. The van der Waals surface area contributed by atoms with Crippen LogP contribution in [-0.2, 0) is 0 Å². The number of carbonyl (C=O) groups is 1. The molecule has 4 nitrogen and oxygen atoms in total. The van der Waals surface area contributed by atoms with Gasteiger partial charge in [0.15, 0.2) is 0 Å². The van der Waals surface area contributed by atoms with E-state index in [0.29, 0.717) is 31.2 Å². The average molecular weight is 498 g/mol. The largest absolute Gasteiger partial charge is 0.506 e. The number of nitrogens with one attached hydrogen (secondary N) is 1. The molecule has 0 saturated carbocycles. The molecule has 0 atom stereocenters. The van der Waals surface area contributed by atoms with Crippen LogP contribution in [0.1, 0.15) is 10.4 Å². The van der Waals surface area contributed by atoms with Crippen molar-refractivity contribution in [2.24, 2.45) is 0 Å². The Balaban J connectivity index is 1.71. The first kappa shape index (κ1) is 18.8. The highest BCUT2D eigenvalue weighted by atomic mass is 79.9. The Morgan fingerprint density at radius 3 is 2.15 bits per heavy atom. The molecule has 0 unspecified atom stereocenters. The molecular weight excluding hydrogens is 485 g/mol. The zero-order valence-corrected chi connectivity index (χ0v) is 17.1. The predicted molar refractivity (Wildman–Crippen MR) is 109 cm³/mol. The Kier molecular flexibility index (Phi) is 5.86. The number of ether oxygens (including phenoxy) is 1. The fourth-order valence-electron chi connectivity index (χ4n) is 2.18. The lowest BCUT2D eigenvalue weighted by molar-refractivity contribution is 0.102. The van der Waals surface area contributed by atoms with E-state index < -0.39 is 5.91 Å². The number of hydrogen-bond donors (Lipinski definition) is 2. The zero-order chi connectivity index (χ0) is 18.7. The van der Waals surface area contributed by atoms with Gasteiger partial charge in [-0.05, 0) is 76.6 Å². The molecule has 0 saturated heterocycles. The molecule has 0 aliphatic rings. The summed E-state index contributed by atoms with van der Waals surface area (Å²) in [6.07, 6.45) is 0. The van der Waals surface area contributed by atoms with Gasteiger partial charge in [0, 0.05) is 15.2 Å². The maximum Gasteiger partial charge on any atom is 0.259 e. The number of phenolic OH excluding ortho intramolecular Hbond substituents is 1. The third-order valence-electron chi connectivity index (χ3n) is 3.43. The van der Waals surface area contributed by atoms with E-state index in [0.717, 1.165) is 0 Å². The van der Waals surface area contributed by atoms with Crippen molar-refractivity contribution >= 4 is 55.1 Å². The van der Waals surface area contributed by atoms with Crippen molar-refractivity contribution in [1.82, 2.24) is 0 Å². The molecule has 7 heteroatoms. The Morgan fingerprint density at radius 1 is 0.962 bits per heavy atom. The van der Waals surface area contributed by atoms with Crippen molar-refractivity contribution < 1.29 is 14.6 Å². The molecule has 0 fully saturated rings. The highest BCUT2D eigenvalue weighted by molar-refractivity contribution is 9.11. The normalized spacial score (nSPS) is 10.4. The van der Waals surface area contributed by atoms with Crippen molar-refractivity contribution in [3.05, 3.63) is 80.2 Å². The van der Waals surface area contributed by atoms with Gasteiger partial charge in [-0.1, -0.05) is 27.5 Å². The number of hydrogen-bond acceptors (Lipinski definition) is 3. The second-order valence-corrected chi connectivity index (χ2v) is 7.52. The molecule has 3 aromatic rings. The topological polar surface area (TPSA) is 58.6 Å². The SMILES string of the molecule is O=C(Nc1ccc(Oc2ccc(Cl)cc2)cc1)c1cc(Br)cc(Br)c1O. The summed E-state index contributed by atoms with van der Waals surface area (Å²) in [4.78, 5) is 12.4. The van der Waals surface area contributed by atoms with Crippen LogP contribution in [0, 0.1) is 0 Å². The van der Waals surface area contributed by atoms with Crippen LogP contribution in [0.15, 0.2) is 69.6 Å². The first-order valence-electron chi connectivity index (χ1n) is 7.45. The summed E-state index contributed by atoms with van der Waals surface area (Å²) in [6.45, 7) is 0. The lowest BCUT2D eigenvalue weighted by Gasteiger charge is -2.10. The molecule has 26 heavy (non-hydrogen) atoms. The van der Waals surface area contributed by atoms with Gasteiger partial charge in [0.25, 0.3) is 5.91 Å². The van der Waals surface area contributed by atoms with Crippen molar-refractivity contribution in [2.45, 2.75) is 0 Å². The minimum absolute atomic E-state index is 0.117. The summed E-state index contributed by atoms with van der Waals surface area (Å²) in [7, 11) is 0. The minimum Gasteiger partial charge on any atom is -0.506 e. The maximum atomic E-state index is 12.4. The minimum atomic E-state index is -0.420. The van der Waals surface area contributed by atoms with Crippen LogP contribution in [-0.4, -0.2) is 11.0 Å². The van der Waals surface area contributed by atoms with E-state index in [9.17, 15) is 9.90 Å². The van der Waals surface area contributed by atoms with Crippen LogP contribution in [0.5, 0.6) is 17.2 Å². The summed E-state index contributed by atoms with van der Waals surface area (Å²) in [5.41, 5.74) is 0.738. The Hall–Kier alpha value is -2.02. The highest BCUT2D eigenvalue weighted by Crippen LogP contribution is 2.32. The number of phenols is 1. The fraction of sp³-hybridized carbons (Fsp3) is 0. The molecule has 0 spiro atoms. The van der Waals surface area contributed by atoms with Gasteiger partial charge in [0.05, 0.1) is 10.0 Å². The van der Waals surface area contributed by atoms with Crippen LogP contribution < -0.4 is 10.1 Å². The van der Waals surface area contributed by atoms with Crippen molar-refractivity contribution in [3.8, 4) is 17.2 Å². The lowest BCUT2D eigenvalue weighted by atomic mass is 10.2. The van der Waals surface area contributed by atoms with E-state index >= 15 is 0 Å². The average Bonchev–Trinajstić information content (AvgIpc) is 2.61. The van der Waals surface area contributed by atoms with Crippen LogP contribution in [0.2, 0.25) is 5.02 Å². The van der Waals surface area contributed by atoms with Gasteiger partial charge in [-0.3, -0.25) is 4.79 Å². The third-order valence-corrected chi connectivity index (χ3v) is 4.75. The van der Waals surface area contributed by atoms with Crippen LogP contribution in [0.25, 0.3) is 0 Å². The molecule has 0 aliphatic heterocycles. The van der Waals surface area contributed by atoms with E-state index in [2.05, 4.69) is 37.2 Å². The van der Waals surface area contributed by atoms with Crippen molar-refractivity contribution in [1.29, 1.82) is 0 Å². The Bertz CT molecular complexity index is 944. The van der Waals surface area contributed by atoms with Gasteiger partial charge in [-0.15, -0.1) is 0 Å². The quantitative estimate of drug-likeness (QED) is 0.426. The van der Waals surface area contributed by atoms with E-state index in [4.69, 9.17) is 16.3 Å². The third kappa shape index (κ3) is 4.58. The van der Waals surface area contributed by atoms with Crippen LogP contribution in [0.4, 0.5) is 5.69 Å². The lowest BCUT2D eigenvalue weighted by Crippen LogP contribution is -2.12. The van der Waals surface area contributed by atoms with Crippen LogP contribution >= 0.6 is 43.5 Å². The number of carbonyl (C=O) groups excluding carboxylic acids is 1. The number of rotatable bonds is 4. The van der Waals surface area contributed by atoms with Crippen LogP contribution in [0.3, 0.4) is 0 Å². The van der Waals surface area contributed by atoms with Crippen molar-refractivity contribution in [2.75, 3.05) is 5.32 Å². The Labute approximate surface area is 172 Å². The molecule has 1 amide bonds. The summed E-state index contributed by atoms with van der Waals surface area (Å²) in [5, 5.41) is 13.4. The maximum absolute atomic E-state index is 12.4. The van der Waals surface area contributed by atoms with E-state index in [1.54, 1.807) is 60.7 Å². The standard InChI is InChI=1S/C19H12Br2ClNO3/c20-11-9-16(18(24)17(21)10-11)19(25)23-13-3-7-15(8-4-13)26-14-5-1-12(22)2-6-14/h1-10,24H,(H,23,25). The first-order valence-corrected chi connectivity index (χ1v) is 9.41. The smallest absolute Gasteiger partial charge is 0.259 e.